The van der Waals surface area contributed by atoms with E-state index >= 15 is 4.39 Å². The Morgan fingerprint density at radius 3 is 2.16 bits per heavy atom. The molecule has 2 N–H and O–H groups in total. The number of aromatic nitrogens is 1. The number of amides is 2. The minimum absolute atomic E-state index is 0.108. The Balaban J connectivity index is 1.11. The zero-order chi connectivity index (χ0) is 40.4. The van der Waals surface area contributed by atoms with Crippen LogP contribution >= 0.6 is 7.60 Å². The molecule has 0 bridgehead atoms. The summed E-state index contributed by atoms with van der Waals surface area (Å²) in [6, 6.07) is 24.1. The predicted octanol–water partition coefficient (Wildman–Crippen LogP) is 9.17. The van der Waals surface area contributed by atoms with E-state index in [0.29, 0.717) is 66.2 Å². The maximum atomic E-state index is 15.5. The normalized spacial score (nSPS) is 13.3. The van der Waals surface area contributed by atoms with E-state index in [9.17, 15) is 18.5 Å². The average molecular weight is 803 g/mol. The number of methoxy groups -OCH3 is 1. The highest BCUT2D eigenvalue weighted by molar-refractivity contribution is 7.53. The van der Waals surface area contributed by atoms with Crippen LogP contribution in [0.15, 0.2) is 97.2 Å². The molecule has 0 saturated heterocycles. The third-order valence-electron chi connectivity index (χ3n) is 9.27. The van der Waals surface area contributed by atoms with Gasteiger partial charge in [-0.2, -0.15) is 0 Å². The highest BCUT2D eigenvalue weighted by Crippen LogP contribution is 2.49. The van der Waals surface area contributed by atoms with E-state index in [1.807, 2.05) is 35.2 Å². The molecule has 1 aromatic heterocycles. The van der Waals surface area contributed by atoms with Crippen LogP contribution in [0.4, 0.5) is 20.2 Å². The maximum absolute atomic E-state index is 15.5. The second kappa shape index (κ2) is 18.7. The fourth-order valence-electron chi connectivity index (χ4n) is 6.26. The fourth-order valence-corrected chi connectivity index (χ4v) is 8.01. The number of fused-ring (bicyclic) bond motifs is 1. The summed E-state index contributed by atoms with van der Waals surface area (Å²) in [5, 5.41) is 5.83. The van der Waals surface area contributed by atoms with Crippen molar-refractivity contribution in [1.29, 1.82) is 0 Å². The molecular formula is C42H45F2N4O8P. The molecule has 12 nitrogen and oxygen atoms in total. The lowest BCUT2D eigenvalue weighted by Crippen LogP contribution is -2.35. The van der Waals surface area contributed by atoms with Gasteiger partial charge in [0.1, 0.15) is 23.3 Å². The van der Waals surface area contributed by atoms with Crippen molar-refractivity contribution < 1.29 is 46.2 Å². The molecule has 15 heteroatoms. The summed E-state index contributed by atoms with van der Waals surface area (Å²) in [5.41, 5.74) is 0.773. The number of hydrogen-bond acceptors (Lipinski definition) is 10. The summed E-state index contributed by atoms with van der Waals surface area (Å²) in [6.07, 6.45) is 2.85. The maximum Gasteiger partial charge on any atom is 0.344 e. The summed E-state index contributed by atoms with van der Waals surface area (Å²) < 4.78 is 71.2. The van der Waals surface area contributed by atoms with Gasteiger partial charge in [-0.25, -0.2) is 8.78 Å². The number of carbonyl (C=O) groups excluding carboxylic acids is 2. The van der Waals surface area contributed by atoms with Crippen molar-refractivity contribution in [3.63, 3.8) is 0 Å². The molecule has 4 aromatic carbocycles. The molecule has 0 atom stereocenters. The molecule has 1 saturated carbocycles. The number of anilines is 2. The Morgan fingerprint density at radius 2 is 1.51 bits per heavy atom. The first kappa shape index (κ1) is 41.2. The predicted molar refractivity (Wildman–Crippen MR) is 213 cm³/mol. The molecule has 1 heterocycles. The second-order valence-corrected chi connectivity index (χ2v) is 15.4. The van der Waals surface area contributed by atoms with Crippen LogP contribution in [0.2, 0.25) is 0 Å². The number of carbonyl (C=O) groups is 2. The van der Waals surface area contributed by atoms with E-state index in [1.54, 1.807) is 32.0 Å². The van der Waals surface area contributed by atoms with E-state index in [0.717, 1.165) is 11.6 Å². The van der Waals surface area contributed by atoms with Crippen molar-refractivity contribution >= 4 is 41.7 Å². The van der Waals surface area contributed by atoms with E-state index in [2.05, 4.69) is 15.6 Å². The van der Waals surface area contributed by atoms with Gasteiger partial charge in [-0.1, -0.05) is 30.3 Å². The molecule has 5 aromatic rings. The Morgan fingerprint density at radius 1 is 0.825 bits per heavy atom. The SMILES string of the molecule is CCOP(=O)(CN(CCCOc1cc2c(Oc3ccc(NC(=O)C4(C(=O)Nc5ccc(F)cc5)CC4)cc3F)ccnc2cc1OC)Cc1ccccc1)OCC. The molecule has 1 aliphatic rings. The summed E-state index contributed by atoms with van der Waals surface area (Å²) >= 11 is 0. The first-order valence-corrected chi connectivity index (χ1v) is 20.4. The number of nitrogens with zero attached hydrogens (tertiary/aromatic N) is 2. The van der Waals surface area contributed by atoms with Gasteiger partial charge in [0.05, 0.1) is 32.4 Å². The molecule has 1 fully saturated rings. The molecule has 300 valence electrons. The van der Waals surface area contributed by atoms with Gasteiger partial charge in [0.25, 0.3) is 0 Å². The quantitative estimate of drug-likeness (QED) is 0.0445. The van der Waals surface area contributed by atoms with E-state index in [4.69, 9.17) is 23.3 Å². The second-order valence-electron chi connectivity index (χ2n) is 13.4. The zero-order valence-electron chi connectivity index (χ0n) is 32.0. The summed E-state index contributed by atoms with van der Waals surface area (Å²) in [6.45, 7) is 5.46. The smallest absolute Gasteiger partial charge is 0.344 e. The van der Waals surface area contributed by atoms with Gasteiger partial charge in [-0.3, -0.25) is 24.0 Å². The Labute approximate surface area is 330 Å². The number of halogens is 2. The summed E-state index contributed by atoms with van der Waals surface area (Å²) in [4.78, 5) is 32.6. The van der Waals surface area contributed by atoms with Crippen LogP contribution in [-0.2, 0) is 29.7 Å². The number of pyridine rings is 1. The van der Waals surface area contributed by atoms with Crippen molar-refractivity contribution in [2.75, 3.05) is 50.4 Å². The van der Waals surface area contributed by atoms with Gasteiger partial charge in [-0.15, -0.1) is 0 Å². The average Bonchev–Trinajstić information content (AvgIpc) is 4.01. The Bertz CT molecular complexity index is 2210. The lowest BCUT2D eigenvalue weighted by Gasteiger charge is -2.27. The van der Waals surface area contributed by atoms with Crippen LogP contribution < -0.4 is 24.8 Å². The van der Waals surface area contributed by atoms with Crippen LogP contribution in [0.5, 0.6) is 23.0 Å². The van der Waals surface area contributed by atoms with E-state index in [-0.39, 0.29) is 37.5 Å². The number of rotatable bonds is 20. The van der Waals surface area contributed by atoms with Crippen molar-refractivity contribution in [3.8, 4) is 23.0 Å². The number of benzene rings is 4. The zero-order valence-corrected chi connectivity index (χ0v) is 32.9. The molecule has 0 aliphatic heterocycles. The fraction of sp³-hybridized carbons (Fsp3) is 0.310. The van der Waals surface area contributed by atoms with Crippen LogP contribution in [-0.4, -0.2) is 61.5 Å². The number of nitrogens with one attached hydrogen (secondary N) is 2. The van der Waals surface area contributed by atoms with Gasteiger partial charge in [-0.05, 0) is 87.2 Å². The summed E-state index contributed by atoms with van der Waals surface area (Å²) in [7, 11) is -1.83. The van der Waals surface area contributed by atoms with E-state index < -0.39 is 36.5 Å². The van der Waals surface area contributed by atoms with Gasteiger partial charge < -0.3 is 33.9 Å². The molecule has 0 radical (unpaired) electrons. The van der Waals surface area contributed by atoms with Gasteiger partial charge in [0.2, 0.25) is 11.8 Å². The summed E-state index contributed by atoms with van der Waals surface area (Å²) in [5.74, 6) is -1.24. The molecular weight excluding hydrogens is 757 g/mol. The van der Waals surface area contributed by atoms with Crippen LogP contribution in [0.1, 0.15) is 38.7 Å². The topological polar surface area (TPSA) is 138 Å². The standard InChI is InChI=1S/C42H45F2N4O8P/c1-4-54-57(51,55-5-2)28-48(27-29-10-7-6-8-11-29)22-9-23-53-39-25-33-35(26-38(39)52-3)45-21-18-36(33)56-37-17-16-32(24-34(37)44)47-41(50)42(19-20-42)40(49)46-31-14-12-30(43)13-15-31/h6-8,10-18,21,24-26H,4-5,9,19-20,22-23,27-28H2,1-3H3,(H,46,49)(H,47,50). The number of hydrogen-bond donors (Lipinski definition) is 2. The highest BCUT2D eigenvalue weighted by atomic mass is 31.2. The lowest BCUT2D eigenvalue weighted by atomic mass is 10.0. The molecule has 57 heavy (non-hydrogen) atoms. The van der Waals surface area contributed by atoms with E-state index in [1.165, 1.54) is 49.7 Å². The minimum Gasteiger partial charge on any atom is -0.493 e. The molecule has 0 unspecified atom stereocenters. The minimum atomic E-state index is -3.35. The molecule has 6 rings (SSSR count). The van der Waals surface area contributed by atoms with Crippen LogP contribution in [0, 0.1) is 17.0 Å². The number of ether oxygens (including phenoxy) is 3. The molecule has 2 amide bonds. The molecule has 1 aliphatic carbocycles. The lowest BCUT2D eigenvalue weighted by molar-refractivity contribution is -0.131. The first-order chi connectivity index (χ1) is 27.5. The monoisotopic (exact) mass is 802 g/mol. The van der Waals surface area contributed by atoms with Crippen LogP contribution in [0.25, 0.3) is 10.9 Å². The van der Waals surface area contributed by atoms with Crippen molar-refractivity contribution in [1.82, 2.24) is 9.88 Å². The third-order valence-corrected chi connectivity index (χ3v) is 11.3. The first-order valence-electron chi connectivity index (χ1n) is 18.6. The highest BCUT2D eigenvalue weighted by Gasteiger charge is 2.56. The molecule has 0 spiro atoms. The Kier molecular flexibility index (Phi) is 13.5. The third kappa shape index (κ3) is 10.5. The van der Waals surface area contributed by atoms with Crippen molar-refractivity contribution in [3.05, 3.63) is 114 Å². The van der Waals surface area contributed by atoms with Crippen LogP contribution in [0.3, 0.4) is 0 Å². The van der Waals surface area contributed by atoms with Gasteiger partial charge in [0, 0.05) is 48.2 Å². The van der Waals surface area contributed by atoms with Gasteiger partial charge in [0.15, 0.2) is 23.1 Å². The van der Waals surface area contributed by atoms with Crippen molar-refractivity contribution in [2.45, 2.75) is 39.7 Å². The largest absolute Gasteiger partial charge is 0.493 e. The van der Waals surface area contributed by atoms with Gasteiger partial charge >= 0.3 is 7.60 Å². The van der Waals surface area contributed by atoms with Crippen molar-refractivity contribution in [2.24, 2.45) is 5.41 Å². The Hall–Kier alpha value is -5.40.